The predicted molar refractivity (Wildman–Crippen MR) is 131 cm³/mol. The number of nitrogens with zero attached hydrogens (tertiary/aromatic N) is 3. The number of hydrogen-bond acceptors (Lipinski definition) is 7. The molecule has 2 fully saturated rings. The lowest BCUT2D eigenvalue weighted by atomic mass is 9.65. The van der Waals surface area contributed by atoms with Gasteiger partial charge in [-0.2, -0.15) is 4.98 Å². The smallest absolute Gasteiger partial charge is 0.259 e. The average Bonchev–Trinajstić information content (AvgIpc) is 2.86. The number of fused-ring (bicyclic) bond motifs is 1. The zero-order chi connectivity index (χ0) is 23.9. The van der Waals surface area contributed by atoms with E-state index in [9.17, 15) is 9.90 Å². The summed E-state index contributed by atoms with van der Waals surface area (Å²) in [5.41, 5.74) is 1.48. The lowest BCUT2D eigenvalue weighted by Crippen LogP contribution is -2.48. The molecule has 1 spiro atoms. The van der Waals surface area contributed by atoms with Crippen LogP contribution in [0.2, 0.25) is 5.02 Å². The Labute approximate surface area is 202 Å². The van der Waals surface area contributed by atoms with Crippen LogP contribution in [0.4, 0.5) is 5.95 Å². The largest absolute Gasteiger partial charge is 0.396 e. The molecule has 1 saturated heterocycles. The van der Waals surface area contributed by atoms with Crippen LogP contribution in [0, 0.1) is 10.8 Å². The van der Waals surface area contributed by atoms with Crippen molar-refractivity contribution < 1.29 is 14.6 Å². The quantitative estimate of drug-likeness (QED) is 0.578. The highest BCUT2D eigenvalue weighted by atomic mass is 35.5. The highest BCUT2D eigenvalue weighted by molar-refractivity contribution is 6.33. The fraction of sp³-hybridized carbons (Fsp3) is 0.480. The Morgan fingerprint density at radius 1 is 1.18 bits per heavy atom. The van der Waals surface area contributed by atoms with E-state index >= 15 is 0 Å². The minimum atomic E-state index is -0.659. The number of aliphatic hydroxyl groups is 1. The number of benzene rings is 1. The number of pyridine rings is 1. The maximum atomic E-state index is 13.0. The van der Waals surface area contributed by atoms with E-state index in [1.807, 2.05) is 18.2 Å². The zero-order valence-electron chi connectivity index (χ0n) is 19.4. The Morgan fingerprint density at radius 2 is 1.88 bits per heavy atom. The monoisotopic (exact) mass is 484 g/mol. The molecule has 34 heavy (non-hydrogen) atoms. The van der Waals surface area contributed by atoms with Crippen LogP contribution in [-0.4, -0.2) is 45.9 Å². The Bertz CT molecular complexity index is 1260. The van der Waals surface area contributed by atoms with E-state index in [4.69, 9.17) is 21.1 Å². The zero-order valence-corrected chi connectivity index (χ0v) is 20.1. The van der Waals surface area contributed by atoms with Crippen LogP contribution in [0.1, 0.15) is 32.6 Å². The molecule has 3 aromatic rings. The first-order valence-corrected chi connectivity index (χ1v) is 11.9. The second-order valence-corrected chi connectivity index (χ2v) is 10.3. The molecule has 1 aliphatic carbocycles. The van der Waals surface area contributed by atoms with E-state index in [0.29, 0.717) is 41.0 Å². The lowest BCUT2D eigenvalue weighted by molar-refractivity contribution is -0.227. The molecule has 0 amide bonds. The van der Waals surface area contributed by atoms with Crippen LogP contribution in [-0.2, 0) is 16.5 Å². The third-order valence-electron chi connectivity index (χ3n) is 7.34. The summed E-state index contributed by atoms with van der Waals surface area (Å²) in [5, 5.41) is 13.9. The summed E-state index contributed by atoms with van der Waals surface area (Å²) in [4.78, 5) is 22.0. The van der Waals surface area contributed by atoms with Gasteiger partial charge in [0.1, 0.15) is 5.65 Å². The Balaban J connectivity index is 1.31. The topological polar surface area (TPSA) is 98.5 Å². The Morgan fingerprint density at radius 3 is 2.56 bits per heavy atom. The molecule has 9 heteroatoms. The van der Waals surface area contributed by atoms with Crippen molar-refractivity contribution in [2.45, 2.75) is 39.0 Å². The molecule has 1 aromatic carbocycles. The van der Waals surface area contributed by atoms with Crippen molar-refractivity contribution in [2.24, 2.45) is 17.9 Å². The Kier molecular flexibility index (Phi) is 6.10. The van der Waals surface area contributed by atoms with Crippen LogP contribution in [0.25, 0.3) is 22.2 Å². The number of halogens is 1. The first-order valence-electron chi connectivity index (χ1n) is 11.5. The SMILES string of the molecule is Cn1c(=O)c(-c2ccccc2Cl)cc2cnc(NC3OCC4(CCC(C)(CO)CC4)CO3)nc21. The Hall–Kier alpha value is -2.52. The van der Waals surface area contributed by atoms with Crippen molar-refractivity contribution in [3.8, 4) is 11.1 Å². The number of nitrogens with one attached hydrogen (secondary N) is 1. The number of ether oxygens (including phenoxy) is 2. The summed E-state index contributed by atoms with van der Waals surface area (Å²) < 4.78 is 13.4. The first-order chi connectivity index (χ1) is 16.3. The van der Waals surface area contributed by atoms with Gasteiger partial charge in [-0.3, -0.25) is 9.36 Å². The number of aromatic nitrogens is 3. The summed E-state index contributed by atoms with van der Waals surface area (Å²) in [6.07, 6.45) is 4.89. The van der Waals surface area contributed by atoms with Crippen LogP contribution >= 0.6 is 11.6 Å². The minimum Gasteiger partial charge on any atom is -0.396 e. The number of hydrogen-bond donors (Lipinski definition) is 2. The molecule has 0 radical (unpaired) electrons. The molecule has 0 unspecified atom stereocenters. The molecule has 5 rings (SSSR count). The molecular formula is C25H29ClN4O4. The lowest BCUT2D eigenvalue weighted by Gasteiger charge is -2.47. The van der Waals surface area contributed by atoms with Gasteiger partial charge < -0.3 is 19.9 Å². The number of rotatable bonds is 4. The van der Waals surface area contributed by atoms with Crippen molar-refractivity contribution in [1.29, 1.82) is 0 Å². The van der Waals surface area contributed by atoms with Gasteiger partial charge in [-0.05, 0) is 43.2 Å². The fourth-order valence-corrected chi connectivity index (χ4v) is 5.04. The maximum Gasteiger partial charge on any atom is 0.259 e. The van der Waals surface area contributed by atoms with Crippen molar-refractivity contribution in [1.82, 2.24) is 14.5 Å². The van der Waals surface area contributed by atoms with Crippen LogP contribution in [0.15, 0.2) is 41.3 Å². The van der Waals surface area contributed by atoms with Crippen LogP contribution in [0.5, 0.6) is 0 Å². The maximum absolute atomic E-state index is 13.0. The van der Waals surface area contributed by atoms with Crippen molar-refractivity contribution in [3.63, 3.8) is 0 Å². The van der Waals surface area contributed by atoms with E-state index in [1.165, 1.54) is 4.57 Å². The van der Waals surface area contributed by atoms with Gasteiger partial charge in [-0.1, -0.05) is 36.7 Å². The van der Waals surface area contributed by atoms with E-state index in [1.54, 1.807) is 25.4 Å². The van der Waals surface area contributed by atoms with Gasteiger partial charge in [-0.25, -0.2) is 4.98 Å². The molecule has 1 aliphatic heterocycles. The molecule has 1 saturated carbocycles. The average molecular weight is 485 g/mol. The molecule has 2 aliphatic rings. The third kappa shape index (κ3) is 4.31. The van der Waals surface area contributed by atoms with Gasteiger partial charge in [0, 0.05) is 46.8 Å². The van der Waals surface area contributed by atoms with Gasteiger partial charge >= 0.3 is 0 Å². The van der Waals surface area contributed by atoms with E-state index in [0.717, 1.165) is 31.1 Å². The van der Waals surface area contributed by atoms with Crippen molar-refractivity contribution in [3.05, 3.63) is 51.9 Å². The first kappa shape index (κ1) is 23.2. The minimum absolute atomic E-state index is 0.000929. The summed E-state index contributed by atoms with van der Waals surface area (Å²) in [7, 11) is 1.68. The molecule has 2 aromatic heterocycles. The molecule has 0 atom stereocenters. The summed E-state index contributed by atoms with van der Waals surface area (Å²) in [6, 6.07) is 9.03. The normalized spacial score (nSPS) is 27.2. The predicted octanol–water partition coefficient (Wildman–Crippen LogP) is 3.95. The van der Waals surface area contributed by atoms with Crippen LogP contribution < -0.4 is 10.9 Å². The standard InChI is InChI=1S/C25H29ClN4O4/c1-24(13-31)7-9-25(10-8-24)14-33-23(34-15-25)29-22-27-12-16-11-18(17-5-3-4-6-19(17)26)21(32)30(2)20(16)28-22/h3-6,11-12,23,31H,7-10,13-15H2,1-2H3,(H,27,28,29). The van der Waals surface area contributed by atoms with Gasteiger partial charge in [0.15, 0.2) is 0 Å². The van der Waals surface area contributed by atoms with Crippen molar-refractivity contribution in [2.75, 3.05) is 25.1 Å². The summed E-state index contributed by atoms with van der Waals surface area (Å²) in [5.74, 6) is 0.324. The third-order valence-corrected chi connectivity index (χ3v) is 7.67. The molecule has 3 heterocycles. The molecule has 8 nitrogen and oxygen atoms in total. The van der Waals surface area contributed by atoms with Gasteiger partial charge in [0.2, 0.25) is 12.4 Å². The summed E-state index contributed by atoms with van der Waals surface area (Å²) >= 11 is 6.31. The molecule has 0 bridgehead atoms. The molecular weight excluding hydrogens is 456 g/mol. The van der Waals surface area contributed by atoms with Crippen LogP contribution in [0.3, 0.4) is 0 Å². The number of aliphatic hydroxyl groups excluding tert-OH is 1. The molecule has 2 N–H and O–H groups in total. The van der Waals surface area contributed by atoms with Gasteiger partial charge in [0.25, 0.3) is 5.56 Å². The van der Waals surface area contributed by atoms with E-state index in [-0.39, 0.29) is 23.0 Å². The number of aryl methyl sites for hydroxylation is 1. The highest BCUT2D eigenvalue weighted by Gasteiger charge is 2.43. The second-order valence-electron chi connectivity index (χ2n) is 9.94. The molecule has 180 valence electrons. The van der Waals surface area contributed by atoms with Gasteiger partial charge in [0.05, 0.1) is 13.2 Å². The van der Waals surface area contributed by atoms with Gasteiger partial charge in [-0.15, -0.1) is 0 Å². The number of anilines is 1. The van der Waals surface area contributed by atoms with Crippen molar-refractivity contribution >= 4 is 28.6 Å². The second kappa shape index (κ2) is 8.92. The fourth-order valence-electron chi connectivity index (χ4n) is 4.80. The summed E-state index contributed by atoms with van der Waals surface area (Å²) in [6.45, 7) is 3.52. The van der Waals surface area contributed by atoms with E-state index < -0.39 is 6.41 Å². The highest BCUT2D eigenvalue weighted by Crippen LogP contribution is 2.46. The van der Waals surface area contributed by atoms with E-state index in [2.05, 4.69) is 22.2 Å².